The van der Waals surface area contributed by atoms with E-state index in [-0.39, 0.29) is 12.1 Å². The molecule has 1 rings (SSSR count). The Labute approximate surface area is 153 Å². The van der Waals surface area contributed by atoms with Crippen LogP contribution in [0.5, 0.6) is 5.75 Å². The topological polar surface area (TPSA) is 35.5 Å². The maximum atomic E-state index is 11.4. The van der Waals surface area contributed by atoms with E-state index in [1.807, 2.05) is 19.1 Å². The molecule has 140 valence electrons. The van der Waals surface area contributed by atoms with Crippen molar-refractivity contribution in [2.24, 2.45) is 0 Å². The number of hydrogen-bond donors (Lipinski definition) is 0. The molecule has 1 aromatic rings. The van der Waals surface area contributed by atoms with Gasteiger partial charge in [0.2, 0.25) is 0 Å². The van der Waals surface area contributed by atoms with Crippen LogP contribution in [0, 0.1) is 0 Å². The second-order valence-electron chi connectivity index (χ2n) is 6.82. The summed E-state index contributed by atoms with van der Waals surface area (Å²) in [6.07, 6.45) is 10.2. The van der Waals surface area contributed by atoms with Gasteiger partial charge in [0.25, 0.3) is 0 Å². The molecular formula is C22H34O3. The van der Waals surface area contributed by atoms with Gasteiger partial charge < -0.3 is 9.47 Å². The summed E-state index contributed by atoms with van der Waals surface area (Å²) >= 11 is 0. The molecule has 1 aromatic carbocycles. The molecule has 0 spiro atoms. The van der Waals surface area contributed by atoms with E-state index in [0.717, 1.165) is 12.2 Å². The molecule has 0 bridgehead atoms. The van der Waals surface area contributed by atoms with Gasteiger partial charge in [-0.15, -0.1) is 0 Å². The summed E-state index contributed by atoms with van der Waals surface area (Å²) in [5, 5.41) is 0. The van der Waals surface area contributed by atoms with Gasteiger partial charge in [-0.25, -0.2) is 4.79 Å². The number of hydrogen-bond acceptors (Lipinski definition) is 3. The van der Waals surface area contributed by atoms with E-state index >= 15 is 0 Å². The number of ether oxygens (including phenoxy) is 2. The molecule has 1 unspecified atom stereocenters. The number of unbranched alkanes of at least 4 members (excludes halogenated alkanes) is 6. The normalized spacial score (nSPS) is 11.8. The van der Waals surface area contributed by atoms with Gasteiger partial charge in [0.05, 0.1) is 0 Å². The zero-order valence-electron chi connectivity index (χ0n) is 16.2. The molecule has 0 N–H and O–H groups in total. The summed E-state index contributed by atoms with van der Waals surface area (Å²) in [5.41, 5.74) is 1.75. The number of carbonyl (C=O) groups is 1. The largest absolute Gasteiger partial charge is 0.490 e. The van der Waals surface area contributed by atoms with Gasteiger partial charge >= 0.3 is 5.97 Å². The molecule has 3 nitrogen and oxygen atoms in total. The smallest absolute Gasteiger partial charge is 0.333 e. The Morgan fingerprint density at radius 1 is 1.04 bits per heavy atom. The Kier molecular flexibility index (Phi) is 10.7. The summed E-state index contributed by atoms with van der Waals surface area (Å²) in [4.78, 5) is 11.4. The van der Waals surface area contributed by atoms with E-state index in [1.165, 1.54) is 50.5 Å². The fourth-order valence-corrected chi connectivity index (χ4v) is 2.57. The molecule has 3 heteroatoms. The van der Waals surface area contributed by atoms with Gasteiger partial charge in [-0.1, -0.05) is 64.2 Å². The Morgan fingerprint density at radius 2 is 1.64 bits per heavy atom. The van der Waals surface area contributed by atoms with E-state index in [9.17, 15) is 4.79 Å². The van der Waals surface area contributed by atoms with Crippen LogP contribution in [0.1, 0.15) is 71.3 Å². The molecule has 0 aliphatic rings. The third-order valence-electron chi connectivity index (χ3n) is 4.13. The molecule has 25 heavy (non-hydrogen) atoms. The van der Waals surface area contributed by atoms with Gasteiger partial charge in [-0.3, -0.25) is 0 Å². The SMILES string of the molecule is C=C(C)C(=O)OC(C)COc1ccc(CCCCCCCCC)cc1. The first-order valence-corrected chi connectivity index (χ1v) is 9.61. The molecule has 0 saturated carbocycles. The third-order valence-corrected chi connectivity index (χ3v) is 4.13. The average Bonchev–Trinajstić information content (AvgIpc) is 2.60. The van der Waals surface area contributed by atoms with Crippen LogP contribution in [-0.2, 0) is 16.0 Å². The molecule has 0 aromatic heterocycles. The highest BCUT2D eigenvalue weighted by molar-refractivity contribution is 5.87. The number of aryl methyl sites for hydroxylation is 1. The molecule has 0 radical (unpaired) electrons. The summed E-state index contributed by atoms with van der Waals surface area (Å²) in [6.45, 7) is 9.62. The van der Waals surface area contributed by atoms with E-state index in [1.54, 1.807) is 6.92 Å². The van der Waals surface area contributed by atoms with Crippen LogP contribution in [0.3, 0.4) is 0 Å². The van der Waals surface area contributed by atoms with E-state index in [4.69, 9.17) is 9.47 Å². The summed E-state index contributed by atoms with van der Waals surface area (Å²) in [5.74, 6) is 0.433. The highest BCUT2D eigenvalue weighted by atomic mass is 16.6. The van der Waals surface area contributed by atoms with E-state index in [0.29, 0.717) is 12.2 Å². The summed E-state index contributed by atoms with van der Waals surface area (Å²) in [6, 6.07) is 8.22. The maximum absolute atomic E-state index is 11.4. The van der Waals surface area contributed by atoms with Crippen LogP contribution in [0.4, 0.5) is 0 Å². The minimum atomic E-state index is -0.374. The number of carbonyl (C=O) groups excluding carboxylic acids is 1. The van der Waals surface area contributed by atoms with Crippen molar-refractivity contribution < 1.29 is 14.3 Å². The highest BCUT2D eigenvalue weighted by Gasteiger charge is 2.10. The van der Waals surface area contributed by atoms with Gasteiger partial charge in [-0.05, 0) is 44.4 Å². The van der Waals surface area contributed by atoms with E-state index < -0.39 is 0 Å². The summed E-state index contributed by atoms with van der Waals surface area (Å²) < 4.78 is 10.9. The first-order valence-electron chi connectivity index (χ1n) is 9.61. The first-order chi connectivity index (χ1) is 12.0. The van der Waals surface area contributed by atoms with Crippen molar-refractivity contribution in [3.8, 4) is 5.75 Å². The molecule has 0 saturated heterocycles. The van der Waals surface area contributed by atoms with Crippen LogP contribution >= 0.6 is 0 Å². The van der Waals surface area contributed by atoms with Gasteiger partial charge in [-0.2, -0.15) is 0 Å². The van der Waals surface area contributed by atoms with Crippen LogP contribution in [-0.4, -0.2) is 18.7 Å². The molecule has 0 aliphatic heterocycles. The molecular weight excluding hydrogens is 312 g/mol. The Bertz CT molecular complexity index is 505. The number of rotatable bonds is 13. The fraction of sp³-hybridized carbons (Fsp3) is 0.591. The molecule has 0 amide bonds. The van der Waals surface area contributed by atoms with Crippen molar-refractivity contribution in [2.45, 2.75) is 78.2 Å². The lowest BCUT2D eigenvalue weighted by Crippen LogP contribution is -2.22. The van der Waals surface area contributed by atoms with Crippen molar-refractivity contribution in [2.75, 3.05) is 6.61 Å². The van der Waals surface area contributed by atoms with Crippen LogP contribution in [0.15, 0.2) is 36.4 Å². The minimum Gasteiger partial charge on any atom is -0.490 e. The van der Waals surface area contributed by atoms with Crippen LogP contribution < -0.4 is 4.74 Å². The lowest BCUT2D eigenvalue weighted by atomic mass is 10.0. The Balaban J connectivity index is 2.20. The average molecular weight is 347 g/mol. The van der Waals surface area contributed by atoms with Crippen molar-refractivity contribution in [1.82, 2.24) is 0 Å². The minimum absolute atomic E-state index is 0.295. The first kappa shape index (κ1) is 21.3. The van der Waals surface area contributed by atoms with Crippen molar-refractivity contribution >= 4 is 5.97 Å². The predicted octanol–water partition coefficient (Wildman–Crippen LogP) is 5.87. The molecule has 0 heterocycles. The van der Waals surface area contributed by atoms with Crippen molar-refractivity contribution in [3.63, 3.8) is 0 Å². The molecule has 0 fully saturated rings. The number of benzene rings is 1. The predicted molar refractivity (Wildman–Crippen MR) is 104 cm³/mol. The third kappa shape index (κ3) is 9.96. The molecule has 1 atom stereocenters. The quantitative estimate of drug-likeness (QED) is 0.255. The van der Waals surface area contributed by atoms with Gasteiger partial charge in [0, 0.05) is 5.57 Å². The van der Waals surface area contributed by atoms with Gasteiger partial charge in [0.1, 0.15) is 18.5 Å². The lowest BCUT2D eigenvalue weighted by Gasteiger charge is -2.14. The standard InChI is InChI=1S/C22H34O3/c1-5-6-7-8-9-10-11-12-20-13-15-21(16-14-20)24-17-19(4)25-22(23)18(2)3/h13-16,19H,2,5-12,17H2,1,3-4H3. The lowest BCUT2D eigenvalue weighted by molar-refractivity contribution is -0.144. The van der Waals surface area contributed by atoms with Crippen LogP contribution in [0.25, 0.3) is 0 Å². The fourth-order valence-electron chi connectivity index (χ4n) is 2.57. The Hall–Kier alpha value is -1.77. The second kappa shape index (κ2) is 12.6. The zero-order chi connectivity index (χ0) is 18.5. The highest BCUT2D eigenvalue weighted by Crippen LogP contribution is 2.16. The monoisotopic (exact) mass is 346 g/mol. The van der Waals surface area contributed by atoms with Gasteiger partial charge in [0.15, 0.2) is 0 Å². The van der Waals surface area contributed by atoms with Crippen molar-refractivity contribution in [3.05, 3.63) is 42.0 Å². The van der Waals surface area contributed by atoms with E-state index in [2.05, 4.69) is 25.6 Å². The number of esters is 1. The van der Waals surface area contributed by atoms with Crippen molar-refractivity contribution in [1.29, 1.82) is 0 Å². The summed E-state index contributed by atoms with van der Waals surface area (Å²) in [7, 11) is 0. The maximum Gasteiger partial charge on any atom is 0.333 e. The van der Waals surface area contributed by atoms with Crippen LogP contribution in [0.2, 0.25) is 0 Å². The molecule has 0 aliphatic carbocycles. The zero-order valence-corrected chi connectivity index (χ0v) is 16.2. The second-order valence-corrected chi connectivity index (χ2v) is 6.82. The Morgan fingerprint density at radius 3 is 2.24 bits per heavy atom.